The van der Waals surface area contributed by atoms with E-state index in [1.54, 1.807) is 53.4 Å². The molecule has 2 saturated heterocycles. The molecule has 2 aromatic carbocycles. The van der Waals surface area contributed by atoms with Crippen molar-refractivity contribution in [2.75, 3.05) is 31.6 Å². The number of benzene rings is 2. The Kier molecular flexibility index (Phi) is 8.56. The maximum Gasteiger partial charge on any atom is 0.294 e. The van der Waals surface area contributed by atoms with Crippen LogP contribution in [0.25, 0.3) is 6.08 Å². The fourth-order valence-electron chi connectivity index (χ4n) is 3.76. The van der Waals surface area contributed by atoms with Crippen LogP contribution in [0.5, 0.6) is 5.75 Å². The molecule has 2 aromatic rings. The van der Waals surface area contributed by atoms with Crippen LogP contribution in [0.3, 0.4) is 0 Å². The Hall–Kier alpha value is -3.01. The summed E-state index contributed by atoms with van der Waals surface area (Å²) < 4.78 is 5.51. The summed E-state index contributed by atoms with van der Waals surface area (Å²) in [7, 11) is 0. The van der Waals surface area contributed by atoms with Crippen LogP contribution in [0.1, 0.15) is 24.8 Å². The second-order valence-electron chi connectivity index (χ2n) is 8.24. The number of ether oxygens (including phenoxy) is 1. The predicted molar refractivity (Wildman–Crippen MR) is 140 cm³/mol. The molecule has 0 unspecified atom stereocenters. The molecule has 0 atom stereocenters. The quantitative estimate of drug-likeness (QED) is 0.486. The first-order valence-electron chi connectivity index (χ1n) is 11.3. The number of nitrogens with zero attached hydrogens (tertiary/aromatic N) is 2. The zero-order valence-electron chi connectivity index (χ0n) is 19.2. The Bertz CT molecular complexity index is 1210. The zero-order chi connectivity index (χ0) is 25.7. The number of carbonyl (C=O) groups excluding carboxylic acids is 4. The SMILES string of the molecule is O=C(COc1ccc(/C=C2\SC(=O)N(CC(=O)N3CCCCC3)C2=O)cc1Cl)Nc1ccc(Cl)cc1. The van der Waals surface area contributed by atoms with Crippen molar-refractivity contribution in [3.63, 3.8) is 0 Å². The zero-order valence-corrected chi connectivity index (χ0v) is 21.5. The van der Waals surface area contributed by atoms with E-state index in [1.807, 2.05) is 0 Å². The van der Waals surface area contributed by atoms with E-state index in [4.69, 9.17) is 27.9 Å². The van der Waals surface area contributed by atoms with Gasteiger partial charge in [-0.25, -0.2) is 0 Å². The summed E-state index contributed by atoms with van der Waals surface area (Å²) in [4.78, 5) is 52.7. The number of anilines is 1. The van der Waals surface area contributed by atoms with Gasteiger partial charge in [0.25, 0.3) is 17.1 Å². The van der Waals surface area contributed by atoms with Gasteiger partial charge in [-0.15, -0.1) is 0 Å². The molecule has 0 saturated carbocycles. The Labute approximate surface area is 222 Å². The molecular weight excluding hydrogens is 525 g/mol. The van der Waals surface area contributed by atoms with Crippen LogP contribution in [-0.2, 0) is 14.4 Å². The number of hydrogen-bond acceptors (Lipinski definition) is 6. The molecule has 0 bridgehead atoms. The molecule has 8 nitrogen and oxygen atoms in total. The molecule has 0 aromatic heterocycles. The number of carbonyl (C=O) groups is 4. The van der Waals surface area contributed by atoms with E-state index in [0.717, 1.165) is 35.9 Å². The third-order valence-electron chi connectivity index (χ3n) is 5.62. The summed E-state index contributed by atoms with van der Waals surface area (Å²) in [5, 5.41) is 3.01. The largest absolute Gasteiger partial charge is 0.482 e. The number of hydrogen-bond donors (Lipinski definition) is 1. The molecule has 188 valence electrons. The van der Waals surface area contributed by atoms with Gasteiger partial charge in [-0.3, -0.25) is 24.1 Å². The molecule has 0 spiro atoms. The molecule has 0 radical (unpaired) electrons. The van der Waals surface area contributed by atoms with Crippen LogP contribution in [0.4, 0.5) is 10.5 Å². The van der Waals surface area contributed by atoms with Gasteiger partial charge in [-0.1, -0.05) is 29.3 Å². The first kappa shape index (κ1) is 26.1. The number of piperidine rings is 1. The predicted octanol–water partition coefficient (Wildman–Crippen LogP) is 5.06. The lowest BCUT2D eigenvalue weighted by atomic mass is 10.1. The number of thioether (sulfide) groups is 1. The molecule has 36 heavy (non-hydrogen) atoms. The normalized spacial score (nSPS) is 17.0. The Morgan fingerprint density at radius 1 is 1.03 bits per heavy atom. The van der Waals surface area contributed by atoms with E-state index in [-0.39, 0.29) is 34.9 Å². The van der Waals surface area contributed by atoms with Gasteiger partial charge in [-0.2, -0.15) is 0 Å². The molecule has 2 fully saturated rings. The van der Waals surface area contributed by atoms with Crippen molar-refractivity contribution < 1.29 is 23.9 Å². The van der Waals surface area contributed by atoms with Crippen molar-refractivity contribution in [1.82, 2.24) is 9.80 Å². The number of likely N-dealkylation sites (tertiary alicyclic amines) is 1. The molecular formula is C25H23Cl2N3O5S. The van der Waals surface area contributed by atoms with Crippen LogP contribution < -0.4 is 10.1 Å². The highest BCUT2D eigenvalue weighted by atomic mass is 35.5. The lowest BCUT2D eigenvalue weighted by Crippen LogP contribution is -2.44. The summed E-state index contributed by atoms with van der Waals surface area (Å²) in [6, 6.07) is 11.5. The Balaban J connectivity index is 1.34. The molecule has 4 amide bonds. The van der Waals surface area contributed by atoms with E-state index in [9.17, 15) is 19.2 Å². The molecule has 4 rings (SSSR count). The summed E-state index contributed by atoms with van der Waals surface area (Å²) in [5.74, 6) is -0.806. The van der Waals surface area contributed by atoms with Crippen LogP contribution in [0.2, 0.25) is 10.0 Å². The number of amides is 4. The summed E-state index contributed by atoms with van der Waals surface area (Å²) in [6.07, 6.45) is 4.48. The van der Waals surface area contributed by atoms with Gasteiger partial charge in [-0.05, 0) is 79.1 Å². The molecule has 2 aliphatic heterocycles. The molecule has 2 aliphatic rings. The van der Waals surface area contributed by atoms with Crippen molar-refractivity contribution in [3.05, 3.63) is 63.0 Å². The van der Waals surface area contributed by atoms with Crippen molar-refractivity contribution in [3.8, 4) is 5.75 Å². The van der Waals surface area contributed by atoms with Crippen LogP contribution in [-0.4, -0.2) is 59.0 Å². The smallest absolute Gasteiger partial charge is 0.294 e. The lowest BCUT2D eigenvalue weighted by Gasteiger charge is -2.27. The van der Waals surface area contributed by atoms with Crippen molar-refractivity contribution in [2.45, 2.75) is 19.3 Å². The van der Waals surface area contributed by atoms with Crippen molar-refractivity contribution >= 4 is 69.7 Å². The summed E-state index contributed by atoms with van der Waals surface area (Å²) in [6.45, 7) is 0.792. The number of imide groups is 1. The topological polar surface area (TPSA) is 96.0 Å². The van der Waals surface area contributed by atoms with Gasteiger partial charge >= 0.3 is 0 Å². The van der Waals surface area contributed by atoms with Gasteiger partial charge in [0.1, 0.15) is 12.3 Å². The third-order valence-corrected chi connectivity index (χ3v) is 7.07. The summed E-state index contributed by atoms with van der Waals surface area (Å²) >= 11 is 12.9. The minimum absolute atomic E-state index is 0.207. The number of nitrogens with one attached hydrogen (secondary N) is 1. The average molecular weight is 548 g/mol. The fourth-order valence-corrected chi connectivity index (χ4v) is 4.97. The van der Waals surface area contributed by atoms with E-state index in [1.165, 1.54) is 0 Å². The van der Waals surface area contributed by atoms with Crippen LogP contribution >= 0.6 is 35.0 Å². The Morgan fingerprint density at radius 2 is 1.75 bits per heavy atom. The second kappa shape index (κ2) is 11.8. The number of halogens is 2. The first-order chi connectivity index (χ1) is 17.3. The number of rotatable bonds is 7. The van der Waals surface area contributed by atoms with Gasteiger partial charge in [0.05, 0.1) is 9.93 Å². The van der Waals surface area contributed by atoms with E-state index in [2.05, 4.69) is 5.32 Å². The third kappa shape index (κ3) is 6.60. The van der Waals surface area contributed by atoms with E-state index >= 15 is 0 Å². The van der Waals surface area contributed by atoms with Crippen molar-refractivity contribution in [2.24, 2.45) is 0 Å². The average Bonchev–Trinajstić information content (AvgIpc) is 3.12. The van der Waals surface area contributed by atoms with Gasteiger partial charge in [0, 0.05) is 23.8 Å². The molecule has 0 aliphatic carbocycles. The highest BCUT2D eigenvalue weighted by molar-refractivity contribution is 8.18. The standard InChI is InChI=1S/C25H23Cl2N3O5S/c26-17-5-7-18(8-6-17)28-22(31)15-35-20-9-4-16(12-19(20)27)13-21-24(33)30(25(34)36-21)14-23(32)29-10-2-1-3-11-29/h4-9,12-13H,1-3,10-11,14-15H2,(H,28,31)/b21-13-. The fraction of sp³-hybridized carbons (Fsp3) is 0.280. The maximum absolute atomic E-state index is 12.8. The minimum Gasteiger partial charge on any atom is -0.482 e. The van der Waals surface area contributed by atoms with E-state index < -0.39 is 11.1 Å². The maximum atomic E-state index is 12.8. The molecule has 2 heterocycles. The minimum atomic E-state index is -0.509. The highest BCUT2D eigenvalue weighted by Crippen LogP contribution is 2.34. The van der Waals surface area contributed by atoms with Gasteiger partial charge in [0.15, 0.2) is 6.61 Å². The van der Waals surface area contributed by atoms with E-state index in [0.29, 0.717) is 35.1 Å². The lowest BCUT2D eigenvalue weighted by molar-refractivity contribution is -0.136. The Morgan fingerprint density at radius 3 is 2.44 bits per heavy atom. The molecule has 1 N–H and O–H groups in total. The summed E-state index contributed by atoms with van der Waals surface area (Å²) in [5.41, 5.74) is 1.16. The van der Waals surface area contributed by atoms with Gasteiger partial charge < -0.3 is 15.0 Å². The first-order valence-corrected chi connectivity index (χ1v) is 12.9. The van der Waals surface area contributed by atoms with Gasteiger partial charge in [0.2, 0.25) is 5.91 Å². The second-order valence-corrected chi connectivity index (χ2v) is 10.1. The van der Waals surface area contributed by atoms with Crippen LogP contribution in [0, 0.1) is 0 Å². The highest BCUT2D eigenvalue weighted by Gasteiger charge is 2.37. The van der Waals surface area contributed by atoms with Crippen molar-refractivity contribution in [1.29, 1.82) is 0 Å². The monoisotopic (exact) mass is 547 g/mol. The van der Waals surface area contributed by atoms with Crippen LogP contribution in [0.15, 0.2) is 47.4 Å². The molecule has 11 heteroatoms.